The van der Waals surface area contributed by atoms with Crippen LogP contribution in [0.25, 0.3) is 54.2 Å². The zero-order chi connectivity index (χ0) is 24.8. The van der Waals surface area contributed by atoms with E-state index in [9.17, 15) is 9.59 Å². The van der Waals surface area contributed by atoms with E-state index in [2.05, 4.69) is 36.4 Å². The van der Waals surface area contributed by atoms with Crippen LogP contribution in [0.1, 0.15) is 20.7 Å². The standard InChI is InChI=1S/C32H22O4/c1-35-31(33)23-13-11-21-15-19-7-3-5-9-25(19)29(27(21)17-23)30-26-10-6-4-8-20(26)16-22-12-14-24(18-28(22)30)32(34)36-2/h3-18H,1-2H3. The number of carbonyl (C=O) groups excluding carboxylic acids is 2. The van der Waals surface area contributed by atoms with Gasteiger partial charge < -0.3 is 9.47 Å². The second kappa shape index (κ2) is 8.51. The van der Waals surface area contributed by atoms with Crippen LogP contribution in [0, 0.1) is 0 Å². The van der Waals surface area contributed by atoms with Crippen molar-refractivity contribution in [1.29, 1.82) is 0 Å². The molecule has 0 radical (unpaired) electrons. The van der Waals surface area contributed by atoms with E-state index in [0.29, 0.717) is 11.1 Å². The van der Waals surface area contributed by atoms with E-state index < -0.39 is 0 Å². The van der Waals surface area contributed by atoms with Crippen molar-refractivity contribution in [1.82, 2.24) is 0 Å². The van der Waals surface area contributed by atoms with Crippen molar-refractivity contribution in [3.63, 3.8) is 0 Å². The van der Waals surface area contributed by atoms with E-state index in [1.165, 1.54) is 14.2 Å². The van der Waals surface area contributed by atoms with Gasteiger partial charge in [0.05, 0.1) is 25.3 Å². The number of benzene rings is 6. The van der Waals surface area contributed by atoms with E-state index in [1.54, 1.807) is 12.1 Å². The fraction of sp³-hybridized carbons (Fsp3) is 0.0625. The molecule has 0 saturated heterocycles. The van der Waals surface area contributed by atoms with E-state index >= 15 is 0 Å². The molecule has 6 aromatic rings. The normalized spacial score (nSPS) is 11.3. The van der Waals surface area contributed by atoms with Gasteiger partial charge in [-0.05, 0) is 90.6 Å². The van der Waals surface area contributed by atoms with Gasteiger partial charge in [-0.25, -0.2) is 9.59 Å². The molecule has 4 nitrogen and oxygen atoms in total. The fourth-order valence-electron chi connectivity index (χ4n) is 5.15. The predicted octanol–water partition coefficient (Wildman–Crippen LogP) is 7.54. The summed E-state index contributed by atoms with van der Waals surface area (Å²) in [6, 6.07) is 32.1. The Morgan fingerprint density at radius 1 is 0.472 bits per heavy atom. The van der Waals surface area contributed by atoms with Crippen LogP contribution in [-0.4, -0.2) is 26.2 Å². The van der Waals surface area contributed by atoms with Crippen molar-refractivity contribution in [2.75, 3.05) is 14.2 Å². The van der Waals surface area contributed by atoms with Gasteiger partial charge in [0.2, 0.25) is 0 Å². The summed E-state index contributed by atoms with van der Waals surface area (Å²) < 4.78 is 10.0. The molecule has 0 unspecified atom stereocenters. The average molecular weight is 471 g/mol. The third-order valence-corrected chi connectivity index (χ3v) is 6.82. The molecule has 0 heterocycles. The molecule has 6 aromatic carbocycles. The Labute approximate surface area is 207 Å². The van der Waals surface area contributed by atoms with Crippen LogP contribution in [0.15, 0.2) is 97.1 Å². The van der Waals surface area contributed by atoms with Gasteiger partial charge in [0.15, 0.2) is 0 Å². The van der Waals surface area contributed by atoms with Gasteiger partial charge in [-0.2, -0.15) is 0 Å². The molecule has 0 saturated carbocycles. The molecule has 0 amide bonds. The summed E-state index contributed by atoms with van der Waals surface area (Å²) in [6.45, 7) is 0. The van der Waals surface area contributed by atoms with Crippen LogP contribution in [-0.2, 0) is 9.47 Å². The molecule has 0 N–H and O–H groups in total. The summed E-state index contributed by atoms with van der Waals surface area (Å²) in [5.41, 5.74) is 3.00. The van der Waals surface area contributed by atoms with Crippen molar-refractivity contribution >= 4 is 55.0 Å². The number of rotatable bonds is 3. The number of hydrogen-bond acceptors (Lipinski definition) is 4. The van der Waals surface area contributed by atoms with Gasteiger partial charge in [-0.15, -0.1) is 0 Å². The molecular weight excluding hydrogens is 448 g/mol. The zero-order valence-electron chi connectivity index (χ0n) is 19.9. The maximum absolute atomic E-state index is 12.5. The third kappa shape index (κ3) is 3.38. The first kappa shape index (κ1) is 21.8. The third-order valence-electron chi connectivity index (χ3n) is 6.82. The maximum atomic E-state index is 12.5. The fourth-order valence-corrected chi connectivity index (χ4v) is 5.15. The molecule has 0 aliphatic heterocycles. The highest BCUT2D eigenvalue weighted by Crippen LogP contribution is 2.44. The summed E-state index contributed by atoms with van der Waals surface area (Å²) in [6.07, 6.45) is 0. The van der Waals surface area contributed by atoms with Crippen LogP contribution in [0.4, 0.5) is 0 Å². The van der Waals surface area contributed by atoms with Gasteiger partial charge in [-0.3, -0.25) is 0 Å². The highest BCUT2D eigenvalue weighted by molar-refractivity contribution is 6.24. The molecule has 4 heteroatoms. The molecule has 0 aliphatic rings. The summed E-state index contributed by atoms with van der Waals surface area (Å²) >= 11 is 0. The van der Waals surface area contributed by atoms with Crippen LogP contribution in [0.3, 0.4) is 0 Å². The quantitative estimate of drug-likeness (QED) is 0.198. The van der Waals surface area contributed by atoms with Gasteiger partial charge in [0, 0.05) is 0 Å². The summed E-state index contributed by atoms with van der Waals surface area (Å²) in [5.74, 6) is -0.765. The van der Waals surface area contributed by atoms with Gasteiger partial charge in [-0.1, -0.05) is 60.7 Å². The first-order valence-corrected chi connectivity index (χ1v) is 11.7. The predicted molar refractivity (Wildman–Crippen MR) is 145 cm³/mol. The summed E-state index contributed by atoms with van der Waals surface area (Å²) in [7, 11) is 2.78. The van der Waals surface area contributed by atoms with Crippen LogP contribution in [0.2, 0.25) is 0 Å². The first-order chi connectivity index (χ1) is 17.6. The summed E-state index contributed by atoms with van der Waals surface area (Å²) in [4.78, 5) is 24.9. The highest BCUT2D eigenvalue weighted by atomic mass is 16.5. The number of hydrogen-bond donors (Lipinski definition) is 0. The van der Waals surface area contributed by atoms with Crippen molar-refractivity contribution < 1.29 is 19.1 Å². The van der Waals surface area contributed by atoms with Crippen molar-refractivity contribution in [3.05, 3.63) is 108 Å². The molecule has 174 valence electrons. The molecule has 0 aliphatic carbocycles. The van der Waals surface area contributed by atoms with Crippen LogP contribution < -0.4 is 0 Å². The Kier molecular flexibility index (Phi) is 5.15. The second-order valence-electron chi connectivity index (χ2n) is 8.80. The number of fused-ring (bicyclic) bond motifs is 4. The van der Waals surface area contributed by atoms with Gasteiger partial charge in [0.25, 0.3) is 0 Å². The molecule has 0 bridgehead atoms. The van der Waals surface area contributed by atoms with Crippen LogP contribution in [0.5, 0.6) is 0 Å². The lowest BCUT2D eigenvalue weighted by Gasteiger charge is -2.18. The van der Waals surface area contributed by atoms with E-state index in [1.807, 2.05) is 48.5 Å². The maximum Gasteiger partial charge on any atom is 0.337 e. The topological polar surface area (TPSA) is 52.6 Å². The molecule has 36 heavy (non-hydrogen) atoms. The Hall–Kier alpha value is -4.70. The second-order valence-corrected chi connectivity index (χ2v) is 8.80. The van der Waals surface area contributed by atoms with Crippen molar-refractivity contribution in [2.24, 2.45) is 0 Å². The largest absolute Gasteiger partial charge is 0.465 e. The van der Waals surface area contributed by atoms with E-state index in [4.69, 9.17) is 9.47 Å². The smallest absolute Gasteiger partial charge is 0.337 e. The minimum Gasteiger partial charge on any atom is -0.465 e. The average Bonchev–Trinajstić information content (AvgIpc) is 2.93. The van der Waals surface area contributed by atoms with E-state index in [0.717, 1.165) is 54.2 Å². The zero-order valence-corrected chi connectivity index (χ0v) is 19.9. The number of esters is 2. The Morgan fingerprint density at radius 3 is 1.28 bits per heavy atom. The number of ether oxygens (including phenoxy) is 2. The van der Waals surface area contributed by atoms with Crippen LogP contribution >= 0.6 is 0 Å². The number of carbonyl (C=O) groups is 2. The SMILES string of the molecule is COC(=O)c1ccc2cc3ccccc3c(-c3c4ccccc4cc4ccc(C(=O)OC)cc34)c2c1. The number of methoxy groups -OCH3 is 2. The van der Waals surface area contributed by atoms with Gasteiger partial charge >= 0.3 is 11.9 Å². The summed E-state index contributed by atoms with van der Waals surface area (Å²) in [5, 5.41) is 8.23. The molecule has 0 fully saturated rings. The first-order valence-electron chi connectivity index (χ1n) is 11.7. The Morgan fingerprint density at radius 2 is 0.861 bits per heavy atom. The molecular formula is C32H22O4. The molecule has 0 aromatic heterocycles. The lowest BCUT2D eigenvalue weighted by molar-refractivity contribution is 0.0592. The van der Waals surface area contributed by atoms with Crippen molar-refractivity contribution in [3.8, 4) is 11.1 Å². The Balaban J connectivity index is 1.86. The van der Waals surface area contributed by atoms with Gasteiger partial charge in [0.1, 0.15) is 0 Å². The lowest BCUT2D eigenvalue weighted by Crippen LogP contribution is -2.02. The van der Waals surface area contributed by atoms with Crippen molar-refractivity contribution in [2.45, 2.75) is 0 Å². The van der Waals surface area contributed by atoms with E-state index in [-0.39, 0.29) is 11.9 Å². The minimum atomic E-state index is -0.383. The Bertz CT molecular complexity index is 1710. The molecule has 0 atom stereocenters. The minimum absolute atomic E-state index is 0.383. The monoisotopic (exact) mass is 470 g/mol. The molecule has 0 spiro atoms. The highest BCUT2D eigenvalue weighted by Gasteiger charge is 2.19. The molecule has 6 rings (SSSR count). The lowest BCUT2D eigenvalue weighted by atomic mass is 9.85.